The average Bonchev–Trinajstić information content (AvgIpc) is 2.82. The van der Waals surface area contributed by atoms with Gasteiger partial charge in [0.15, 0.2) is 0 Å². The number of likely N-dealkylation sites (tertiary alicyclic amines) is 1. The number of H-pyrrole nitrogens is 1. The van der Waals surface area contributed by atoms with Crippen LogP contribution in [0.1, 0.15) is 5.56 Å². The Morgan fingerprint density at radius 1 is 1.17 bits per heavy atom. The number of nitrogens with zero attached hydrogens (tertiary/aromatic N) is 1. The van der Waals surface area contributed by atoms with Crippen LogP contribution in [-0.2, 0) is 11.2 Å². The van der Waals surface area contributed by atoms with E-state index in [4.69, 9.17) is 16.3 Å². The van der Waals surface area contributed by atoms with Crippen molar-refractivity contribution in [2.45, 2.75) is 6.42 Å². The molecule has 1 N–H and O–H groups in total. The second kappa shape index (κ2) is 5.46. The van der Waals surface area contributed by atoms with Crippen molar-refractivity contribution in [3.8, 4) is 0 Å². The molecule has 5 rings (SSSR count). The molecule has 124 valence electrons. The first-order valence-corrected chi connectivity index (χ1v) is 9.49. The third-order valence-electron chi connectivity index (χ3n) is 5.35. The van der Waals surface area contributed by atoms with Gasteiger partial charge in [-0.25, -0.2) is 0 Å². The molecule has 2 saturated heterocycles. The Bertz CT molecular complexity index is 939. The SMILES string of the molecule is Clc1ccc2[nH]c3c(CCN4CC5(COC5)C4)cc(Br)cc3c2c1. The van der Waals surface area contributed by atoms with Crippen molar-refractivity contribution in [2.24, 2.45) is 5.41 Å². The fraction of sp³-hybridized carbons (Fsp3) is 0.368. The number of rotatable bonds is 3. The highest BCUT2D eigenvalue weighted by atomic mass is 79.9. The zero-order chi connectivity index (χ0) is 16.3. The summed E-state index contributed by atoms with van der Waals surface area (Å²) in [4.78, 5) is 6.12. The lowest BCUT2D eigenvalue weighted by Gasteiger charge is -2.55. The van der Waals surface area contributed by atoms with Crippen molar-refractivity contribution >= 4 is 49.3 Å². The maximum absolute atomic E-state index is 6.19. The summed E-state index contributed by atoms with van der Waals surface area (Å²) in [6.45, 7) is 5.38. The lowest BCUT2D eigenvalue weighted by atomic mass is 9.78. The van der Waals surface area contributed by atoms with Crippen LogP contribution in [0.2, 0.25) is 5.02 Å². The largest absolute Gasteiger partial charge is 0.380 e. The van der Waals surface area contributed by atoms with Crippen LogP contribution in [0.15, 0.2) is 34.8 Å². The topological polar surface area (TPSA) is 28.3 Å². The minimum Gasteiger partial charge on any atom is -0.380 e. The Balaban J connectivity index is 1.45. The van der Waals surface area contributed by atoms with Gasteiger partial charge in [0, 0.05) is 56.4 Å². The summed E-state index contributed by atoms with van der Waals surface area (Å²) in [5, 5.41) is 3.21. The summed E-state index contributed by atoms with van der Waals surface area (Å²) in [5.74, 6) is 0. The number of nitrogens with one attached hydrogen (secondary N) is 1. The van der Waals surface area contributed by atoms with Gasteiger partial charge in [-0.15, -0.1) is 0 Å². The first kappa shape index (κ1) is 15.2. The smallest absolute Gasteiger partial charge is 0.0569 e. The van der Waals surface area contributed by atoms with Crippen molar-refractivity contribution in [3.63, 3.8) is 0 Å². The van der Waals surface area contributed by atoms with E-state index < -0.39 is 0 Å². The van der Waals surface area contributed by atoms with Gasteiger partial charge >= 0.3 is 0 Å². The van der Waals surface area contributed by atoms with Crippen molar-refractivity contribution in [1.29, 1.82) is 0 Å². The number of hydrogen-bond donors (Lipinski definition) is 1. The van der Waals surface area contributed by atoms with E-state index in [1.807, 2.05) is 12.1 Å². The quantitative estimate of drug-likeness (QED) is 0.689. The second-order valence-electron chi connectivity index (χ2n) is 7.26. The number of hydrogen-bond acceptors (Lipinski definition) is 2. The molecule has 2 aliphatic heterocycles. The molecule has 0 aliphatic carbocycles. The van der Waals surface area contributed by atoms with Gasteiger partial charge in [-0.2, -0.15) is 0 Å². The van der Waals surface area contributed by atoms with Crippen LogP contribution in [-0.4, -0.2) is 42.7 Å². The molecule has 3 heterocycles. The molecule has 0 radical (unpaired) electrons. The van der Waals surface area contributed by atoms with Crippen molar-refractivity contribution in [2.75, 3.05) is 32.8 Å². The molecule has 2 aromatic carbocycles. The van der Waals surface area contributed by atoms with E-state index in [0.717, 1.165) is 41.2 Å². The summed E-state index contributed by atoms with van der Waals surface area (Å²) in [7, 11) is 0. The molecule has 3 nitrogen and oxygen atoms in total. The Morgan fingerprint density at radius 2 is 2.00 bits per heavy atom. The van der Waals surface area contributed by atoms with Crippen LogP contribution in [0.5, 0.6) is 0 Å². The monoisotopic (exact) mass is 404 g/mol. The minimum atomic E-state index is 0.491. The molecule has 2 fully saturated rings. The highest BCUT2D eigenvalue weighted by molar-refractivity contribution is 9.10. The molecule has 3 aromatic rings. The lowest BCUT2D eigenvalue weighted by Crippen LogP contribution is -2.66. The fourth-order valence-electron chi connectivity index (χ4n) is 4.12. The maximum Gasteiger partial charge on any atom is 0.0569 e. The number of aromatic amines is 1. The molecular formula is C19H18BrClN2O. The summed E-state index contributed by atoms with van der Waals surface area (Å²) in [5.41, 5.74) is 4.23. The summed E-state index contributed by atoms with van der Waals surface area (Å²) in [6.07, 6.45) is 1.05. The summed E-state index contributed by atoms with van der Waals surface area (Å²) < 4.78 is 6.48. The first-order chi connectivity index (χ1) is 11.6. The standard InChI is InChI=1S/C19H18BrClN2O/c20-13-5-12(3-4-23-8-19(9-23)10-24-11-19)18-16(6-13)15-7-14(21)1-2-17(15)22-18/h1-2,5-7,22H,3-4,8-11H2. The van der Waals surface area contributed by atoms with Crippen molar-refractivity contribution in [1.82, 2.24) is 9.88 Å². The van der Waals surface area contributed by atoms with Crippen LogP contribution in [0.3, 0.4) is 0 Å². The molecule has 0 unspecified atom stereocenters. The minimum absolute atomic E-state index is 0.491. The predicted molar refractivity (Wildman–Crippen MR) is 102 cm³/mol. The van der Waals surface area contributed by atoms with Crippen LogP contribution in [0.4, 0.5) is 0 Å². The van der Waals surface area contributed by atoms with E-state index in [-0.39, 0.29) is 0 Å². The van der Waals surface area contributed by atoms with Gasteiger partial charge in [-0.1, -0.05) is 27.5 Å². The normalized spacial score (nSPS) is 19.8. The first-order valence-electron chi connectivity index (χ1n) is 8.31. The number of fused-ring (bicyclic) bond motifs is 3. The van der Waals surface area contributed by atoms with Gasteiger partial charge in [0.2, 0.25) is 0 Å². The highest BCUT2D eigenvalue weighted by Crippen LogP contribution is 2.38. The molecule has 0 atom stereocenters. The molecule has 5 heteroatoms. The molecular weight excluding hydrogens is 388 g/mol. The van der Waals surface area contributed by atoms with E-state index in [1.165, 1.54) is 34.9 Å². The summed E-state index contributed by atoms with van der Waals surface area (Å²) in [6, 6.07) is 10.5. The number of aromatic nitrogens is 1. The number of ether oxygens (including phenoxy) is 1. The zero-order valence-electron chi connectivity index (χ0n) is 13.2. The number of benzene rings is 2. The van der Waals surface area contributed by atoms with Gasteiger partial charge in [0.05, 0.1) is 13.2 Å². The molecule has 0 saturated carbocycles. The van der Waals surface area contributed by atoms with Gasteiger partial charge in [0.1, 0.15) is 0 Å². The van der Waals surface area contributed by atoms with Crippen molar-refractivity contribution in [3.05, 3.63) is 45.4 Å². The van der Waals surface area contributed by atoms with Gasteiger partial charge in [-0.05, 0) is 42.3 Å². The third-order valence-corrected chi connectivity index (χ3v) is 6.04. The molecule has 2 aliphatic rings. The van der Waals surface area contributed by atoms with Gasteiger partial charge < -0.3 is 14.6 Å². The molecule has 1 spiro atoms. The molecule has 1 aromatic heterocycles. The zero-order valence-corrected chi connectivity index (χ0v) is 15.6. The Morgan fingerprint density at radius 3 is 2.75 bits per heavy atom. The van der Waals surface area contributed by atoms with Crippen LogP contribution >= 0.6 is 27.5 Å². The predicted octanol–water partition coefficient (Wildman–Crippen LogP) is 4.61. The second-order valence-corrected chi connectivity index (χ2v) is 8.61. The molecule has 0 amide bonds. The van der Waals surface area contributed by atoms with Gasteiger partial charge in [-0.3, -0.25) is 0 Å². The number of halogens is 2. The summed E-state index contributed by atoms with van der Waals surface area (Å²) >= 11 is 9.86. The average molecular weight is 406 g/mol. The lowest BCUT2D eigenvalue weighted by molar-refractivity contribution is -0.188. The van der Waals surface area contributed by atoms with E-state index in [9.17, 15) is 0 Å². The Labute approximate surface area is 154 Å². The van der Waals surface area contributed by atoms with E-state index in [2.05, 4.69) is 44.0 Å². The van der Waals surface area contributed by atoms with E-state index >= 15 is 0 Å². The van der Waals surface area contributed by atoms with E-state index in [0.29, 0.717) is 5.41 Å². The van der Waals surface area contributed by atoms with Crippen LogP contribution in [0.25, 0.3) is 21.8 Å². The Hall–Kier alpha value is -1.07. The van der Waals surface area contributed by atoms with E-state index in [1.54, 1.807) is 0 Å². The Kier molecular flexibility index (Phi) is 3.46. The van der Waals surface area contributed by atoms with Crippen LogP contribution in [0, 0.1) is 5.41 Å². The van der Waals surface area contributed by atoms with Gasteiger partial charge in [0.25, 0.3) is 0 Å². The molecule has 0 bridgehead atoms. The fourth-order valence-corrected chi connectivity index (χ4v) is 4.79. The van der Waals surface area contributed by atoms with Crippen LogP contribution < -0.4 is 0 Å². The third kappa shape index (κ3) is 2.39. The maximum atomic E-state index is 6.19. The highest BCUT2D eigenvalue weighted by Gasteiger charge is 2.48. The van der Waals surface area contributed by atoms with Crippen molar-refractivity contribution < 1.29 is 4.74 Å². The molecule has 24 heavy (non-hydrogen) atoms.